The molecule has 3 aliphatic heterocycles. The molecule has 1 N–H and O–H groups in total. The summed E-state index contributed by atoms with van der Waals surface area (Å²) in [5.41, 5.74) is -0.0596. The predicted molar refractivity (Wildman–Crippen MR) is 156 cm³/mol. The van der Waals surface area contributed by atoms with Crippen LogP contribution in [0, 0.1) is 11.3 Å². The zero-order valence-corrected chi connectivity index (χ0v) is 25.4. The minimum atomic E-state index is -0.902. The monoisotopic (exact) mass is 596 g/mol. The number of likely N-dealkylation sites (tertiary alicyclic amines) is 1. The number of rotatable bonds is 6. The van der Waals surface area contributed by atoms with E-state index in [1.54, 1.807) is 10.9 Å². The van der Waals surface area contributed by atoms with Gasteiger partial charge in [0.1, 0.15) is 17.2 Å². The van der Waals surface area contributed by atoms with Crippen LogP contribution in [0.2, 0.25) is 0 Å². The van der Waals surface area contributed by atoms with E-state index in [2.05, 4.69) is 29.1 Å². The number of nitrogens with zero attached hydrogens (tertiary/aromatic N) is 6. The Bertz CT molecular complexity index is 1360. The van der Waals surface area contributed by atoms with Crippen molar-refractivity contribution in [2.75, 3.05) is 33.4 Å². The van der Waals surface area contributed by atoms with Gasteiger partial charge in [-0.3, -0.25) is 9.69 Å². The van der Waals surface area contributed by atoms with E-state index in [0.29, 0.717) is 62.4 Å². The van der Waals surface area contributed by atoms with Crippen molar-refractivity contribution in [1.82, 2.24) is 24.6 Å². The number of aromatic nitrogens is 4. The van der Waals surface area contributed by atoms with E-state index in [9.17, 15) is 10.0 Å². The minimum Gasteiger partial charge on any atom is -0.472 e. The van der Waals surface area contributed by atoms with Crippen molar-refractivity contribution in [1.29, 1.82) is 0 Å². The van der Waals surface area contributed by atoms with Crippen LogP contribution in [-0.2, 0) is 19.0 Å². The molecular weight excluding hydrogens is 552 g/mol. The van der Waals surface area contributed by atoms with Gasteiger partial charge in [-0.05, 0) is 78.3 Å². The van der Waals surface area contributed by atoms with Crippen molar-refractivity contribution in [3.05, 3.63) is 12.0 Å². The fraction of sp³-hybridized carbons (Fsp3) is 0.774. The summed E-state index contributed by atoms with van der Waals surface area (Å²) in [6, 6.07) is 0.254. The van der Waals surface area contributed by atoms with Crippen molar-refractivity contribution in [2.24, 2.45) is 16.5 Å². The van der Waals surface area contributed by atoms with Gasteiger partial charge in [0.05, 0.1) is 30.7 Å². The molecule has 2 spiro atoms. The third-order valence-electron chi connectivity index (χ3n) is 10.7. The number of Topliss-reactive ketones (excluding diaryl/α,β-unsaturated/α-hetero) is 1. The number of oxime groups is 1. The number of carbonyl (C=O) groups is 1. The number of ketones is 1. The molecule has 0 radical (unpaired) electrons. The predicted octanol–water partition coefficient (Wildman–Crippen LogP) is 4.24. The van der Waals surface area contributed by atoms with Gasteiger partial charge in [-0.25, -0.2) is 9.67 Å². The van der Waals surface area contributed by atoms with Crippen LogP contribution in [0.15, 0.2) is 11.4 Å². The molecule has 0 aromatic carbocycles. The number of carbonyl (C=O) groups excluding carboxylic acids is 1. The Morgan fingerprint density at radius 3 is 2.60 bits per heavy atom. The molecule has 234 valence electrons. The van der Waals surface area contributed by atoms with E-state index in [1.807, 2.05) is 0 Å². The van der Waals surface area contributed by atoms with Crippen LogP contribution >= 0.6 is 0 Å². The number of fused-ring (bicyclic) bond motifs is 2. The molecule has 7 rings (SSSR count). The average Bonchev–Trinajstić information content (AvgIpc) is 3.78. The maximum Gasteiger partial charge on any atom is 0.228 e. The van der Waals surface area contributed by atoms with Gasteiger partial charge in [0.15, 0.2) is 29.3 Å². The van der Waals surface area contributed by atoms with Crippen LogP contribution in [0.4, 0.5) is 0 Å². The normalized spacial score (nSPS) is 32.7. The van der Waals surface area contributed by atoms with E-state index in [-0.39, 0.29) is 35.7 Å². The molecule has 12 heteroatoms. The van der Waals surface area contributed by atoms with Crippen LogP contribution in [-0.4, -0.2) is 92.7 Å². The summed E-state index contributed by atoms with van der Waals surface area (Å²) in [5, 5.41) is 19.6. The van der Waals surface area contributed by atoms with Crippen LogP contribution in [0.3, 0.4) is 0 Å². The van der Waals surface area contributed by atoms with E-state index >= 15 is 0 Å². The van der Waals surface area contributed by atoms with E-state index in [1.165, 1.54) is 0 Å². The Balaban J connectivity index is 1.28. The van der Waals surface area contributed by atoms with Crippen LogP contribution in [0.25, 0.3) is 11.0 Å². The molecule has 3 saturated heterocycles. The lowest BCUT2D eigenvalue weighted by atomic mass is 9.57. The number of hydrogen-bond acceptors (Lipinski definition) is 11. The molecule has 0 amide bonds. The highest BCUT2D eigenvalue weighted by molar-refractivity contribution is 6.14. The molecule has 0 bridgehead atoms. The van der Waals surface area contributed by atoms with Crippen LogP contribution in [0.1, 0.15) is 96.0 Å². The summed E-state index contributed by atoms with van der Waals surface area (Å²) < 4.78 is 26.9. The van der Waals surface area contributed by atoms with Gasteiger partial charge in [-0.15, -0.1) is 0 Å². The molecule has 5 fully saturated rings. The smallest absolute Gasteiger partial charge is 0.228 e. The highest BCUT2D eigenvalue weighted by Gasteiger charge is 2.63. The van der Waals surface area contributed by atoms with E-state index in [0.717, 1.165) is 57.9 Å². The van der Waals surface area contributed by atoms with Crippen molar-refractivity contribution in [3.8, 4) is 5.88 Å². The first kappa shape index (κ1) is 29.1. The summed E-state index contributed by atoms with van der Waals surface area (Å²) in [6.45, 7) is 4.73. The summed E-state index contributed by atoms with van der Waals surface area (Å²) in [4.78, 5) is 26.6. The number of hydrogen-bond donors (Lipinski definition) is 1. The first-order chi connectivity index (χ1) is 21.0. The lowest BCUT2D eigenvalue weighted by molar-refractivity contribution is -0.255. The molecule has 5 atom stereocenters. The maximum absolute atomic E-state index is 14.6. The Hall–Kier alpha value is -2.67. The largest absolute Gasteiger partial charge is 0.472 e. The summed E-state index contributed by atoms with van der Waals surface area (Å²) in [5.74, 6) is -1.02. The van der Waals surface area contributed by atoms with Gasteiger partial charge in [-0.2, -0.15) is 10.1 Å². The topological polar surface area (TPSA) is 133 Å². The molecular formula is C31H44N6O6. The summed E-state index contributed by atoms with van der Waals surface area (Å²) in [7, 11) is 2.12. The van der Waals surface area contributed by atoms with Crippen LogP contribution in [0.5, 0.6) is 5.88 Å². The van der Waals surface area contributed by atoms with Gasteiger partial charge < -0.3 is 24.2 Å². The highest BCUT2D eigenvalue weighted by atomic mass is 16.7. The molecule has 43 heavy (non-hydrogen) atoms. The molecule has 5 heterocycles. The van der Waals surface area contributed by atoms with Crippen molar-refractivity contribution in [3.63, 3.8) is 0 Å². The molecule has 2 unspecified atom stereocenters. The molecule has 2 aromatic rings. The summed E-state index contributed by atoms with van der Waals surface area (Å²) in [6.07, 6.45) is 11.7. The lowest BCUT2D eigenvalue weighted by Crippen LogP contribution is -2.60. The Kier molecular flexibility index (Phi) is 7.90. The molecule has 2 aliphatic carbocycles. The van der Waals surface area contributed by atoms with E-state index in [4.69, 9.17) is 28.9 Å². The van der Waals surface area contributed by atoms with Gasteiger partial charge >= 0.3 is 0 Å². The average molecular weight is 597 g/mol. The number of ether oxygens (including phenoxy) is 4. The highest BCUT2D eigenvalue weighted by Crippen LogP contribution is 2.56. The minimum absolute atomic E-state index is 0.00406. The first-order valence-corrected chi connectivity index (χ1v) is 16.2. The second-order valence-corrected chi connectivity index (χ2v) is 13.0. The molecule has 2 aromatic heterocycles. The van der Waals surface area contributed by atoms with E-state index < -0.39 is 17.1 Å². The third-order valence-corrected chi connectivity index (χ3v) is 10.7. The Morgan fingerprint density at radius 1 is 1.05 bits per heavy atom. The van der Waals surface area contributed by atoms with Gasteiger partial charge in [-0.1, -0.05) is 18.0 Å². The summed E-state index contributed by atoms with van der Waals surface area (Å²) >= 11 is 0. The first-order valence-electron chi connectivity index (χ1n) is 16.2. The van der Waals surface area contributed by atoms with Gasteiger partial charge in [0.25, 0.3) is 0 Å². The number of likely N-dealkylation sites (N-methyl/N-ethyl adjacent to an activating group) is 1. The molecule has 2 saturated carbocycles. The third kappa shape index (κ3) is 4.85. The fourth-order valence-corrected chi connectivity index (χ4v) is 8.46. The zero-order chi connectivity index (χ0) is 29.6. The SMILES string of the molecule is C[C@H](Oc1nc(/C(=N\O)C2CCC[C@@]3(CCCCC34OCCO4)C2=O)nc2c1cnn2C1CCCCO1)[C@@H]1CCCN1C. The lowest BCUT2D eigenvalue weighted by Gasteiger charge is -2.52. The van der Waals surface area contributed by atoms with Crippen molar-refractivity contribution in [2.45, 2.75) is 108 Å². The second kappa shape index (κ2) is 11.7. The Morgan fingerprint density at radius 2 is 1.86 bits per heavy atom. The second-order valence-electron chi connectivity index (χ2n) is 13.0. The standard InChI is InChI=1S/C31H44N6O6/c1-20(23-10-8-15-36(23)2)43-29-22-19-32-37(24-11-3-6-16-40-24)28(22)33-27(34-29)25(35-39)21-9-7-13-30(26(21)38)12-4-5-14-31(30)41-17-18-42-31/h19-21,23-24,39H,3-18H2,1-2H3/b35-25-/t20-,21?,23-,24?,30-/m0/s1. The zero-order valence-electron chi connectivity index (χ0n) is 25.4. The fourth-order valence-electron chi connectivity index (χ4n) is 8.46. The van der Waals surface area contributed by atoms with Crippen LogP contribution < -0.4 is 4.74 Å². The quantitative estimate of drug-likeness (QED) is 0.293. The van der Waals surface area contributed by atoms with Crippen molar-refractivity contribution >= 4 is 22.5 Å². The Labute approximate surface area is 252 Å². The molecule has 12 nitrogen and oxygen atoms in total. The van der Waals surface area contributed by atoms with Gasteiger partial charge in [0.2, 0.25) is 5.88 Å². The molecule has 5 aliphatic rings. The van der Waals surface area contributed by atoms with Crippen molar-refractivity contribution < 1.29 is 28.9 Å². The maximum atomic E-state index is 14.6. The van der Waals surface area contributed by atoms with Gasteiger partial charge in [0, 0.05) is 19.1 Å².